The molecule has 28 heavy (non-hydrogen) atoms. The van der Waals surface area contributed by atoms with Crippen molar-refractivity contribution >= 4 is 11.4 Å². The predicted octanol–water partition coefficient (Wildman–Crippen LogP) is 5.49. The summed E-state index contributed by atoms with van der Waals surface area (Å²) in [6.07, 6.45) is -11.2. The van der Waals surface area contributed by atoms with Crippen LogP contribution in [0.25, 0.3) is 11.1 Å². The Kier molecular flexibility index (Phi) is 5.01. The van der Waals surface area contributed by atoms with Gasteiger partial charge in [-0.3, -0.25) is 20.2 Å². The highest BCUT2D eigenvalue weighted by atomic mass is 19.4. The molecule has 0 spiro atoms. The maximum atomic E-state index is 14.2. The van der Waals surface area contributed by atoms with Gasteiger partial charge in [0.05, 0.1) is 33.1 Å². The second kappa shape index (κ2) is 6.69. The fraction of sp³-hybridized carbons (Fsp3) is 0.143. The highest BCUT2D eigenvalue weighted by molar-refractivity contribution is 5.76. The first-order valence-electron chi connectivity index (χ1n) is 6.75. The zero-order valence-corrected chi connectivity index (χ0v) is 12.9. The summed E-state index contributed by atoms with van der Waals surface area (Å²) >= 11 is 0. The van der Waals surface area contributed by atoms with E-state index in [1.807, 2.05) is 0 Å². The summed E-state index contributed by atoms with van der Waals surface area (Å²) in [5, 5.41) is 21.3. The molecule has 0 saturated heterocycles. The average Bonchev–Trinajstić information content (AvgIpc) is 2.51. The number of nitrogens with zero attached hydrogens (tertiary/aromatic N) is 2. The van der Waals surface area contributed by atoms with Crippen LogP contribution in [0.4, 0.5) is 46.5 Å². The molecule has 0 aliphatic carbocycles. The highest BCUT2D eigenvalue weighted by Crippen LogP contribution is 2.47. The molecule has 150 valence electrons. The third kappa shape index (κ3) is 3.84. The number of alkyl halides is 6. The Morgan fingerprint density at radius 3 is 1.14 bits per heavy atom. The van der Waals surface area contributed by atoms with Crippen molar-refractivity contribution in [1.29, 1.82) is 0 Å². The van der Waals surface area contributed by atoms with E-state index in [1.54, 1.807) is 0 Å². The smallest absolute Gasteiger partial charge is 0.258 e. The van der Waals surface area contributed by atoms with Crippen LogP contribution in [0.15, 0.2) is 24.3 Å². The first kappa shape index (κ1) is 21.0. The number of nitro benzene ring substituents is 2. The van der Waals surface area contributed by atoms with Gasteiger partial charge in [-0.1, -0.05) is 0 Å². The third-order valence-electron chi connectivity index (χ3n) is 3.43. The van der Waals surface area contributed by atoms with Crippen LogP contribution in [0.1, 0.15) is 11.1 Å². The number of hydrogen-bond donors (Lipinski definition) is 0. The molecule has 0 aromatic heterocycles. The summed E-state index contributed by atoms with van der Waals surface area (Å²) in [6.45, 7) is 0. The van der Waals surface area contributed by atoms with Crippen molar-refractivity contribution in [2.75, 3.05) is 0 Å². The SMILES string of the molecule is O=[N+]([O-])c1cc(F)c(-c2c(F)cc([N+](=O)[O-])cc2C(F)(F)F)c(C(F)(F)F)c1. The van der Waals surface area contributed by atoms with Crippen molar-refractivity contribution < 1.29 is 45.0 Å². The van der Waals surface area contributed by atoms with Crippen molar-refractivity contribution in [3.8, 4) is 11.1 Å². The molecule has 0 amide bonds. The Hall–Kier alpha value is -3.32. The summed E-state index contributed by atoms with van der Waals surface area (Å²) in [7, 11) is 0. The summed E-state index contributed by atoms with van der Waals surface area (Å²) < 4.78 is 108. The van der Waals surface area contributed by atoms with Crippen molar-refractivity contribution in [1.82, 2.24) is 0 Å². The maximum absolute atomic E-state index is 14.2. The Labute approximate surface area is 148 Å². The number of halogens is 8. The Bertz CT molecular complexity index is 905. The first-order valence-corrected chi connectivity index (χ1v) is 6.75. The van der Waals surface area contributed by atoms with Crippen LogP contribution in [0.2, 0.25) is 0 Å². The normalized spacial score (nSPS) is 12.1. The fourth-order valence-corrected chi connectivity index (χ4v) is 2.35. The van der Waals surface area contributed by atoms with E-state index in [-0.39, 0.29) is 24.3 Å². The van der Waals surface area contributed by atoms with Crippen molar-refractivity contribution in [3.63, 3.8) is 0 Å². The fourth-order valence-electron chi connectivity index (χ4n) is 2.35. The third-order valence-corrected chi connectivity index (χ3v) is 3.43. The standard InChI is InChI=1S/C14H4F8N2O4/c15-9-3-5(23(25)26)1-7(13(17,18)19)11(9)12-8(14(20,21)22)2-6(24(27)28)4-10(12)16/h1-4H. The zero-order chi connectivity index (χ0) is 21.6. The van der Waals surface area contributed by atoms with Gasteiger partial charge in [-0.25, -0.2) is 8.78 Å². The molecule has 0 aliphatic heterocycles. The molecular formula is C14H4F8N2O4. The number of non-ortho nitro benzene ring substituents is 2. The van der Waals surface area contributed by atoms with Gasteiger partial charge in [0.25, 0.3) is 11.4 Å². The van der Waals surface area contributed by atoms with Crippen LogP contribution in [0.5, 0.6) is 0 Å². The number of hydrogen-bond acceptors (Lipinski definition) is 4. The quantitative estimate of drug-likeness (QED) is 0.376. The Balaban J connectivity index is 3.03. The summed E-state index contributed by atoms with van der Waals surface area (Å²) in [6, 6.07) is -0.768. The van der Waals surface area contributed by atoms with Crippen LogP contribution >= 0.6 is 0 Å². The van der Waals surface area contributed by atoms with E-state index in [0.29, 0.717) is 0 Å². The lowest BCUT2D eigenvalue weighted by atomic mass is 9.92. The molecule has 6 nitrogen and oxygen atoms in total. The monoisotopic (exact) mass is 416 g/mol. The molecule has 0 radical (unpaired) electrons. The van der Waals surface area contributed by atoms with Crippen molar-refractivity contribution in [2.45, 2.75) is 12.4 Å². The second-order valence-corrected chi connectivity index (χ2v) is 5.21. The molecule has 0 saturated carbocycles. The number of benzene rings is 2. The van der Waals surface area contributed by atoms with Gasteiger partial charge in [0, 0.05) is 23.3 Å². The molecule has 0 atom stereocenters. The lowest BCUT2D eigenvalue weighted by Crippen LogP contribution is -2.15. The average molecular weight is 416 g/mol. The first-order chi connectivity index (χ1) is 12.6. The molecular weight excluding hydrogens is 412 g/mol. The molecule has 14 heteroatoms. The van der Waals surface area contributed by atoms with E-state index in [0.717, 1.165) is 0 Å². The molecule has 0 heterocycles. The number of nitro groups is 2. The molecule has 0 fully saturated rings. The van der Waals surface area contributed by atoms with E-state index in [4.69, 9.17) is 0 Å². The van der Waals surface area contributed by atoms with Gasteiger partial charge in [0.1, 0.15) is 11.6 Å². The van der Waals surface area contributed by atoms with E-state index < -0.39 is 67.5 Å². The molecule has 2 aromatic carbocycles. The van der Waals surface area contributed by atoms with Gasteiger partial charge in [0.2, 0.25) is 0 Å². The summed E-state index contributed by atoms with van der Waals surface area (Å²) in [5.74, 6) is -4.33. The second-order valence-electron chi connectivity index (χ2n) is 5.21. The van der Waals surface area contributed by atoms with E-state index in [2.05, 4.69) is 0 Å². The predicted molar refractivity (Wildman–Crippen MR) is 75.1 cm³/mol. The van der Waals surface area contributed by atoms with Gasteiger partial charge in [0.15, 0.2) is 0 Å². The molecule has 0 bridgehead atoms. The van der Waals surface area contributed by atoms with E-state index >= 15 is 0 Å². The van der Waals surface area contributed by atoms with E-state index in [9.17, 15) is 55.4 Å². The molecule has 0 aliphatic rings. The minimum Gasteiger partial charge on any atom is -0.258 e. The number of rotatable bonds is 3. The summed E-state index contributed by atoms with van der Waals surface area (Å²) in [5.41, 5.74) is -11.3. The van der Waals surface area contributed by atoms with Crippen molar-refractivity contribution in [3.05, 3.63) is 67.3 Å². The minimum absolute atomic E-state index is 0.119. The van der Waals surface area contributed by atoms with Crippen LogP contribution in [0, 0.1) is 31.9 Å². The van der Waals surface area contributed by atoms with Gasteiger partial charge in [-0.15, -0.1) is 0 Å². The Morgan fingerprint density at radius 2 is 0.929 bits per heavy atom. The molecule has 0 N–H and O–H groups in total. The Morgan fingerprint density at radius 1 is 0.643 bits per heavy atom. The lowest BCUT2D eigenvalue weighted by molar-refractivity contribution is -0.385. The topological polar surface area (TPSA) is 86.3 Å². The summed E-state index contributed by atoms with van der Waals surface area (Å²) in [4.78, 5) is 18.4. The lowest BCUT2D eigenvalue weighted by Gasteiger charge is -2.18. The van der Waals surface area contributed by atoms with Crippen LogP contribution in [-0.4, -0.2) is 9.85 Å². The molecule has 2 aromatic rings. The van der Waals surface area contributed by atoms with Gasteiger partial charge >= 0.3 is 12.4 Å². The zero-order valence-electron chi connectivity index (χ0n) is 12.9. The minimum atomic E-state index is -5.61. The van der Waals surface area contributed by atoms with Gasteiger partial charge < -0.3 is 0 Å². The van der Waals surface area contributed by atoms with Crippen LogP contribution in [0.3, 0.4) is 0 Å². The maximum Gasteiger partial charge on any atom is 0.417 e. The van der Waals surface area contributed by atoms with Gasteiger partial charge in [-0.05, 0) is 0 Å². The van der Waals surface area contributed by atoms with Crippen LogP contribution in [-0.2, 0) is 12.4 Å². The van der Waals surface area contributed by atoms with E-state index in [1.165, 1.54) is 0 Å². The van der Waals surface area contributed by atoms with Crippen LogP contribution < -0.4 is 0 Å². The largest absolute Gasteiger partial charge is 0.417 e. The molecule has 0 unspecified atom stereocenters. The molecule has 2 rings (SSSR count). The van der Waals surface area contributed by atoms with Gasteiger partial charge in [-0.2, -0.15) is 26.3 Å². The van der Waals surface area contributed by atoms with Crippen molar-refractivity contribution in [2.24, 2.45) is 0 Å². The highest BCUT2D eigenvalue weighted by Gasteiger charge is 2.43.